The molecule has 0 bridgehead atoms. The highest BCUT2D eigenvalue weighted by atomic mass is 35.5. The SMILES string of the molecule is CN=C(NCc1ccc(N2CCCC2)nc1)NC1CCN(c2cc(Cl)ccc2OC)C1. The molecule has 0 amide bonds. The Kier molecular flexibility index (Phi) is 7.02. The van der Waals surface area contributed by atoms with Crippen molar-refractivity contribution in [1.29, 1.82) is 0 Å². The molecule has 7 nitrogen and oxygen atoms in total. The smallest absolute Gasteiger partial charge is 0.191 e. The second-order valence-electron chi connectivity index (χ2n) is 8.04. The summed E-state index contributed by atoms with van der Waals surface area (Å²) in [5, 5.41) is 7.66. The van der Waals surface area contributed by atoms with Gasteiger partial charge in [-0.3, -0.25) is 4.99 Å². The average Bonchev–Trinajstić information content (AvgIpc) is 3.49. The van der Waals surface area contributed by atoms with Crippen LogP contribution in [0.15, 0.2) is 41.5 Å². The Bertz CT molecular complexity index is 897. The minimum Gasteiger partial charge on any atom is -0.495 e. The first-order chi connectivity index (χ1) is 15.2. The van der Waals surface area contributed by atoms with E-state index in [0.29, 0.717) is 17.6 Å². The Morgan fingerprint density at radius 1 is 1.19 bits per heavy atom. The van der Waals surface area contributed by atoms with Gasteiger partial charge in [0, 0.05) is 57.0 Å². The predicted octanol–water partition coefficient (Wildman–Crippen LogP) is 3.29. The number of pyridine rings is 1. The van der Waals surface area contributed by atoms with Crippen LogP contribution < -0.4 is 25.2 Å². The number of aromatic nitrogens is 1. The van der Waals surface area contributed by atoms with Crippen molar-refractivity contribution in [1.82, 2.24) is 15.6 Å². The zero-order valence-electron chi connectivity index (χ0n) is 18.3. The summed E-state index contributed by atoms with van der Waals surface area (Å²) in [5.41, 5.74) is 2.18. The van der Waals surface area contributed by atoms with Gasteiger partial charge in [0.2, 0.25) is 0 Å². The maximum atomic E-state index is 6.21. The molecule has 2 aromatic rings. The monoisotopic (exact) mass is 442 g/mol. The molecule has 3 heterocycles. The largest absolute Gasteiger partial charge is 0.495 e. The number of methoxy groups -OCH3 is 1. The van der Waals surface area contributed by atoms with E-state index < -0.39 is 0 Å². The second kappa shape index (κ2) is 10.1. The molecule has 0 saturated carbocycles. The van der Waals surface area contributed by atoms with Crippen LogP contribution >= 0.6 is 11.6 Å². The molecule has 1 unspecified atom stereocenters. The van der Waals surface area contributed by atoms with Crippen LogP contribution in [0.3, 0.4) is 0 Å². The van der Waals surface area contributed by atoms with E-state index in [1.165, 1.54) is 12.8 Å². The van der Waals surface area contributed by atoms with Gasteiger partial charge < -0.3 is 25.2 Å². The molecule has 2 N–H and O–H groups in total. The van der Waals surface area contributed by atoms with Gasteiger partial charge >= 0.3 is 0 Å². The first-order valence-corrected chi connectivity index (χ1v) is 11.3. The van der Waals surface area contributed by atoms with Crippen LogP contribution in [0.2, 0.25) is 5.02 Å². The molecule has 1 aromatic heterocycles. The summed E-state index contributed by atoms with van der Waals surface area (Å²) in [7, 11) is 3.49. The molecule has 0 radical (unpaired) electrons. The van der Waals surface area contributed by atoms with Gasteiger partial charge in [-0.05, 0) is 49.1 Å². The van der Waals surface area contributed by atoms with Gasteiger partial charge in [-0.25, -0.2) is 4.98 Å². The minimum atomic E-state index is 0.297. The summed E-state index contributed by atoms with van der Waals surface area (Å²) in [6, 6.07) is 10.3. The van der Waals surface area contributed by atoms with E-state index in [1.807, 2.05) is 24.4 Å². The maximum Gasteiger partial charge on any atom is 0.191 e. The molecule has 8 heteroatoms. The number of benzene rings is 1. The van der Waals surface area contributed by atoms with E-state index >= 15 is 0 Å². The first-order valence-electron chi connectivity index (χ1n) is 10.9. The van der Waals surface area contributed by atoms with E-state index in [1.54, 1.807) is 14.2 Å². The molecule has 1 aromatic carbocycles. The lowest BCUT2D eigenvalue weighted by Crippen LogP contribution is -2.44. The van der Waals surface area contributed by atoms with E-state index in [4.69, 9.17) is 16.3 Å². The van der Waals surface area contributed by atoms with Crippen molar-refractivity contribution in [2.24, 2.45) is 4.99 Å². The summed E-state index contributed by atoms with van der Waals surface area (Å²) < 4.78 is 5.51. The molecular weight excluding hydrogens is 412 g/mol. The van der Waals surface area contributed by atoms with Crippen LogP contribution in [0.4, 0.5) is 11.5 Å². The number of nitrogens with one attached hydrogen (secondary N) is 2. The van der Waals surface area contributed by atoms with Crippen LogP contribution in [-0.2, 0) is 6.54 Å². The Balaban J connectivity index is 1.29. The summed E-state index contributed by atoms with van der Waals surface area (Å²) >= 11 is 6.21. The Morgan fingerprint density at radius 2 is 2.03 bits per heavy atom. The van der Waals surface area contributed by atoms with Gasteiger partial charge in [0.15, 0.2) is 5.96 Å². The van der Waals surface area contributed by atoms with Gasteiger partial charge in [0.25, 0.3) is 0 Å². The number of rotatable bonds is 6. The van der Waals surface area contributed by atoms with Crippen LogP contribution in [-0.4, -0.2) is 57.3 Å². The third-order valence-corrected chi connectivity index (χ3v) is 6.17. The van der Waals surface area contributed by atoms with Crippen LogP contribution in [0.25, 0.3) is 0 Å². The Hall–Kier alpha value is -2.67. The summed E-state index contributed by atoms with van der Waals surface area (Å²) in [6.45, 7) is 4.71. The van der Waals surface area contributed by atoms with Gasteiger partial charge in [-0.1, -0.05) is 17.7 Å². The topological polar surface area (TPSA) is 65.0 Å². The van der Waals surface area contributed by atoms with E-state index in [9.17, 15) is 0 Å². The third kappa shape index (κ3) is 5.34. The molecule has 31 heavy (non-hydrogen) atoms. The van der Waals surface area contributed by atoms with Gasteiger partial charge in [0.05, 0.1) is 12.8 Å². The lowest BCUT2D eigenvalue weighted by Gasteiger charge is -2.22. The van der Waals surface area contributed by atoms with Crippen molar-refractivity contribution in [2.45, 2.75) is 31.8 Å². The lowest BCUT2D eigenvalue weighted by molar-refractivity contribution is 0.415. The summed E-state index contributed by atoms with van der Waals surface area (Å²) in [6.07, 6.45) is 5.49. The molecule has 2 aliphatic rings. The lowest BCUT2D eigenvalue weighted by atomic mass is 10.2. The standard InChI is InChI=1S/C23H31ClN6O/c1-25-23(27-15-17-5-8-22(26-14-17)29-10-3-4-11-29)28-19-9-12-30(16-19)20-13-18(24)6-7-21(20)31-2/h5-8,13-14,19H,3-4,9-12,15-16H2,1-2H3,(H2,25,27,28). The van der Waals surface area contributed by atoms with Gasteiger partial charge in [0.1, 0.15) is 11.6 Å². The number of hydrogen-bond donors (Lipinski definition) is 2. The number of guanidine groups is 1. The minimum absolute atomic E-state index is 0.297. The third-order valence-electron chi connectivity index (χ3n) is 5.93. The first kappa shape index (κ1) is 21.6. The van der Waals surface area contributed by atoms with Crippen molar-refractivity contribution in [3.05, 3.63) is 47.1 Å². The highest BCUT2D eigenvalue weighted by molar-refractivity contribution is 6.30. The normalized spacial score (nSPS) is 19.1. The second-order valence-corrected chi connectivity index (χ2v) is 8.47. The summed E-state index contributed by atoms with van der Waals surface area (Å²) in [4.78, 5) is 13.7. The number of anilines is 2. The molecule has 2 saturated heterocycles. The molecule has 166 valence electrons. The van der Waals surface area contributed by atoms with E-state index in [-0.39, 0.29) is 0 Å². The van der Waals surface area contributed by atoms with Crippen LogP contribution in [0, 0.1) is 0 Å². The fourth-order valence-corrected chi connectivity index (χ4v) is 4.40. The molecule has 4 rings (SSSR count). The number of aliphatic imine (C=N–C) groups is 1. The van der Waals surface area contributed by atoms with Crippen molar-refractivity contribution >= 4 is 29.1 Å². The highest BCUT2D eigenvalue weighted by Gasteiger charge is 2.25. The average molecular weight is 443 g/mol. The Morgan fingerprint density at radius 3 is 2.74 bits per heavy atom. The fourth-order valence-electron chi connectivity index (χ4n) is 4.24. The number of halogens is 1. The van der Waals surface area contributed by atoms with Gasteiger partial charge in [-0.15, -0.1) is 0 Å². The van der Waals surface area contributed by atoms with Crippen LogP contribution in [0.5, 0.6) is 5.75 Å². The van der Waals surface area contributed by atoms with E-state index in [2.05, 4.69) is 42.5 Å². The van der Waals surface area contributed by atoms with Crippen molar-refractivity contribution in [3.63, 3.8) is 0 Å². The van der Waals surface area contributed by atoms with Crippen molar-refractivity contribution in [3.8, 4) is 5.75 Å². The van der Waals surface area contributed by atoms with Crippen molar-refractivity contribution < 1.29 is 4.74 Å². The molecule has 0 spiro atoms. The quantitative estimate of drug-likeness (QED) is 0.528. The Labute approximate surface area is 189 Å². The van der Waals surface area contributed by atoms with Crippen molar-refractivity contribution in [2.75, 3.05) is 50.1 Å². The predicted molar refractivity (Wildman–Crippen MR) is 128 cm³/mol. The molecule has 2 fully saturated rings. The molecule has 1 atom stereocenters. The number of ether oxygens (including phenoxy) is 1. The number of nitrogens with zero attached hydrogens (tertiary/aromatic N) is 4. The van der Waals surface area contributed by atoms with E-state index in [0.717, 1.165) is 61.4 Å². The highest BCUT2D eigenvalue weighted by Crippen LogP contribution is 2.33. The molecular formula is C23H31ClN6O. The molecule has 2 aliphatic heterocycles. The summed E-state index contributed by atoms with van der Waals surface area (Å²) in [5.74, 6) is 2.72. The maximum absolute atomic E-state index is 6.21. The molecule has 0 aliphatic carbocycles. The van der Waals surface area contributed by atoms with Gasteiger partial charge in [-0.2, -0.15) is 0 Å². The fraction of sp³-hybridized carbons (Fsp3) is 0.478. The zero-order valence-corrected chi connectivity index (χ0v) is 19.0. The zero-order chi connectivity index (χ0) is 21.6. The van der Waals surface area contributed by atoms with Crippen LogP contribution in [0.1, 0.15) is 24.8 Å². The number of hydrogen-bond acceptors (Lipinski definition) is 5.